The lowest BCUT2D eigenvalue weighted by Crippen LogP contribution is -2.37. The molecule has 0 unspecified atom stereocenters. The van der Waals surface area contributed by atoms with Crippen LogP contribution in [0.15, 0.2) is 48.5 Å². The highest BCUT2D eigenvalue weighted by Crippen LogP contribution is 2.18. The van der Waals surface area contributed by atoms with Gasteiger partial charge in [-0.3, -0.25) is 10.2 Å². The molecule has 0 aromatic heterocycles. The van der Waals surface area contributed by atoms with Crippen LogP contribution in [0.2, 0.25) is 5.02 Å². The Bertz CT molecular complexity index is 846. The Morgan fingerprint density at radius 3 is 2.19 bits per heavy atom. The largest absolute Gasteiger partial charge is 0.494 e. The van der Waals surface area contributed by atoms with Gasteiger partial charge in [-0.15, -0.1) is 12.4 Å². The van der Waals surface area contributed by atoms with Crippen LogP contribution in [-0.4, -0.2) is 63.2 Å². The van der Waals surface area contributed by atoms with Crippen LogP contribution in [0.5, 0.6) is 11.5 Å². The molecule has 0 saturated carbocycles. The van der Waals surface area contributed by atoms with Gasteiger partial charge in [0, 0.05) is 30.3 Å². The zero-order chi connectivity index (χ0) is 25.3. The van der Waals surface area contributed by atoms with E-state index < -0.39 is 6.09 Å². The number of rotatable bonds is 11. The first-order chi connectivity index (χ1) is 17.0. The van der Waals surface area contributed by atoms with Gasteiger partial charge in [-0.25, -0.2) is 4.79 Å². The number of nitrogens with one attached hydrogen (secondary N) is 1. The lowest BCUT2D eigenvalue weighted by Gasteiger charge is -2.26. The zero-order valence-electron chi connectivity index (χ0n) is 21.5. The maximum absolute atomic E-state index is 11.2. The number of halogens is 2. The van der Waals surface area contributed by atoms with E-state index in [2.05, 4.69) is 17.1 Å². The summed E-state index contributed by atoms with van der Waals surface area (Å²) < 4.78 is 21.6. The Morgan fingerprint density at radius 1 is 1.03 bits per heavy atom. The number of hydrogen-bond acceptors (Lipinski definition) is 6. The third-order valence-corrected chi connectivity index (χ3v) is 5.23. The summed E-state index contributed by atoms with van der Waals surface area (Å²) in [7, 11) is 0. The number of hydrogen-bond donors (Lipinski definition) is 1. The van der Waals surface area contributed by atoms with Crippen LogP contribution in [0.4, 0.5) is 10.5 Å². The lowest BCUT2D eigenvalue weighted by atomic mass is 10.3. The maximum Gasteiger partial charge on any atom is 0.411 e. The highest BCUT2D eigenvalue weighted by Gasteiger charge is 2.09. The lowest BCUT2D eigenvalue weighted by molar-refractivity contribution is 0.0358. The monoisotopic (exact) mass is 542 g/mol. The first-order valence-electron chi connectivity index (χ1n) is 12.3. The zero-order valence-corrected chi connectivity index (χ0v) is 23.1. The molecule has 2 aromatic rings. The van der Waals surface area contributed by atoms with Crippen LogP contribution < -0.4 is 14.8 Å². The van der Waals surface area contributed by atoms with Crippen LogP contribution >= 0.6 is 24.0 Å². The molecular weight excluding hydrogens is 503 g/mol. The van der Waals surface area contributed by atoms with E-state index in [0.717, 1.165) is 76.8 Å². The molecule has 1 saturated heterocycles. The van der Waals surface area contributed by atoms with Crippen molar-refractivity contribution in [2.24, 2.45) is 0 Å². The smallest absolute Gasteiger partial charge is 0.411 e. The molecule has 1 N–H and O–H groups in total. The number of carbonyl (C=O) groups excluding carboxylic acids is 1. The fraction of sp³-hybridized carbons (Fsp3) is 0.519. The average Bonchev–Trinajstić information content (AvgIpc) is 2.83. The molecule has 1 heterocycles. The van der Waals surface area contributed by atoms with Gasteiger partial charge in [-0.1, -0.05) is 31.0 Å². The molecule has 0 radical (unpaired) electrons. The van der Waals surface area contributed by atoms with Gasteiger partial charge in [0.1, 0.15) is 11.5 Å². The highest BCUT2D eigenvalue weighted by atomic mass is 35.5. The number of anilines is 1. The molecule has 0 aliphatic carbocycles. The van der Waals surface area contributed by atoms with E-state index in [1.807, 2.05) is 24.3 Å². The minimum atomic E-state index is -0.470. The molecule has 36 heavy (non-hydrogen) atoms. The highest BCUT2D eigenvalue weighted by molar-refractivity contribution is 6.30. The van der Waals surface area contributed by atoms with Gasteiger partial charge in [0.05, 0.1) is 32.5 Å². The van der Waals surface area contributed by atoms with E-state index in [0.29, 0.717) is 10.7 Å². The van der Waals surface area contributed by atoms with Crippen LogP contribution in [-0.2, 0) is 9.47 Å². The van der Waals surface area contributed by atoms with Crippen LogP contribution in [0.3, 0.4) is 0 Å². The molecule has 9 heteroatoms. The topological polar surface area (TPSA) is 69.3 Å². The SMILES string of the molecule is CC(C)OC(=O)Nc1cccc(Cl)c1.CCCCOc1ccc(OCCCN2CCOCC2)cc1.Cl. The molecule has 1 aliphatic heterocycles. The number of ether oxygens (including phenoxy) is 4. The van der Waals surface area contributed by atoms with E-state index in [1.54, 1.807) is 38.1 Å². The Kier molecular flexibility index (Phi) is 16.8. The Labute approximate surface area is 226 Å². The average molecular weight is 544 g/mol. The van der Waals surface area contributed by atoms with Crippen molar-refractivity contribution in [1.82, 2.24) is 4.90 Å². The standard InChI is InChI=1S/C17H27NO3.C10H12ClNO2.ClH/c1-2-3-12-20-16-5-7-17(8-6-16)21-13-4-9-18-10-14-19-15-11-18;1-7(2)14-10(13)12-9-5-3-4-8(11)6-9;/h5-8H,2-4,9-15H2,1H3;3-7H,1-2H3,(H,12,13);1H. The van der Waals surface area contributed by atoms with E-state index >= 15 is 0 Å². The van der Waals surface area contributed by atoms with Crippen molar-refractivity contribution in [3.8, 4) is 11.5 Å². The molecular formula is C27H40Cl2N2O5. The molecule has 202 valence electrons. The first-order valence-corrected chi connectivity index (χ1v) is 12.7. The van der Waals surface area contributed by atoms with Gasteiger partial charge >= 0.3 is 6.09 Å². The van der Waals surface area contributed by atoms with E-state index in [-0.39, 0.29) is 18.5 Å². The summed E-state index contributed by atoms with van der Waals surface area (Å²) in [6, 6.07) is 14.8. The maximum atomic E-state index is 11.2. The predicted octanol–water partition coefficient (Wildman–Crippen LogP) is 6.69. The Balaban J connectivity index is 0.000000379. The summed E-state index contributed by atoms with van der Waals surface area (Å²) in [5.41, 5.74) is 0.628. The minimum Gasteiger partial charge on any atom is -0.494 e. The normalized spacial score (nSPS) is 13.1. The van der Waals surface area contributed by atoms with Crippen molar-refractivity contribution in [3.63, 3.8) is 0 Å². The van der Waals surface area contributed by atoms with E-state index in [9.17, 15) is 4.79 Å². The van der Waals surface area contributed by atoms with Crippen LogP contribution in [0.1, 0.15) is 40.0 Å². The molecule has 1 fully saturated rings. The molecule has 1 amide bonds. The van der Waals surface area contributed by atoms with Crippen LogP contribution in [0.25, 0.3) is 0 Å². The van der Waals surface area contributed by atoms with Gasteiger partial charge in [-0.05, 0) is 69.2 Å². The van der Waals surface area contributed by atoms with Crippen molar-refractivity contribution in [2.45, 2.75) is 46.1 Å². The van der Waals surface area contributed by atoms with Gasteiger partial charge in [-0.2, -0.15) is 0 Å². The molecule has 0 atom stereocenters. The summed E-state index contributed by atoms with van der Waals surface area (Å²) in [6.07, 6.45) is 2.70. The number of benzene rings is 2. The van der Waals surface area contributed by atoms with Gasteiger partial charge in [0.2, 0.25) is 0 Å². The second kappa shape index (κ2) is 19.0. The van der Waals surface area contributed by atoms with Crippen molar-refractivity contribution in [2.75, 3.05) is 51.4 Å². The van der Waals surface area contributed by atoms with Gasteiger partial charge < -0.3 is 18.9 Å². The summed E-state index contributed by atoms with van der Waals surface area (Å²) in [5.74, 6) is 1.84. The third-order valence-electron chi connectivity index (χ3n) is 5.00. The molecule has 0 spiro atoms. The fourth-order valence-electron chi connectivity index (χ4n) is 3.20. The first kappa shape index (κ1) is 31.8. The number of nitrogens with zero attached hydrogens (tertiary/aromatic N) is 1. The Morgan fingerprint density at radius 2 is 1.64 bits per heavy atom. The third kappa shape index (κ3) is 14.4. The Hall–Kier alpha value is -2.19. The summed E-state index contributed by atoms with van der Waals surface area (Å²) in [6.45, 7) is 12.2. The van der Waals surface area contributed by atoms with Gasteiger partial charge in [0.15, 0.2) is 0 Å². The summed E-state index contributed by atoms with van der Waals surface area (Å²) >= 11 is 5.74. The molecule has 0 bridgehead atoms. The van der Waals surface area contributed by atoms with E-state index in [1.165, 1.54) is 0 Å². The number of unbranched alkanes of at least 4 members (excludes halogenated alkanes) is 1. The molecule has 2 aromatic carbocycles. The second-order valence-corrected chi connectivity index (χ2v) is 8.86. The van der Waals surface area contributed by atoms with Crippen molar-refractivity contribution in [1.29, 1.82) is 0 Å². The predicted molar refractivity (Wildman–Crippen MR) is 148 cm³/mol. The van der Waals surface area contributed by atoms with E-state index in [4.69, 9.17) is 30.5 Å². The van der Waals surface area contributed by atoms with Crippen molar-refractivity contribution >= 4 is 35.8 Å². The quantitative estimate of drug-likeness (QED) is 0.319. The van der Waals surface area contributed by atoms with Crippen LogP contribution in [0, 0.1) is 0 Å². The number of morpholine rings is 1. The minimum absolute atomic E-state index is 0. The number of amides is 1. The van der Waals surface area contributed by atoms with Gasteiger partial charge in [0.25, 0.3) is 0 Å². The molecule has 1 aliphatic rings. The van der Waals surface area contributed by atoms with Crippen molar-refractivity contribution in [3.05, 3.63) is 53.6 Å². The number of carbonyl (C=O) groups is 1. The molecule has 3 rings (SSSR count). The summed E-state index contributed by atoms with van der Waals surface area (Å²) in [4.78, 5) is 13.6. The molecule has 7 nitrogen and oxygen atoms in total. The van der Waals surface area contributed by atoms with Crippen molar-refractivity contribution < 1.29 is 23.7 Å². The second-order valence-electron chi connectivity index (χ2n) is 8.42. The fourth-order valence-corrected chi connectivity index (χ4v) is 3.39. The summed E-state index contributed by atoms with van der Waals surface area (Å²) in [5, 5.41) is 3.14.